The van der Waals surface area contributed by atoms with Crippen LogP contribution in [-0.4, -0.2) is 67.7 Å². The van der Waals surface area contributed by atoms with Crippen LogP contribution in [0.4, 0.5) is 5.95 Å². The number of aromatic amines is 1. The number of aliphatic hydroxyl groups is 2. The van der Waals surface area contributed by atoms with Crippen molar-refractivity contribution >= 4 is 24.3 Å². The number of ether oxygens (including phenoxy) is 1. The Morgan fingerprint density at radius 3 is 2.76 bits per heavy atom. The van der Waals surface area contributed by atoms with E-state index in [9.17, 15) is 19.6 Å². The first-order valence-corrected chi connectivity index (χ1v) is 10.3. The average molecular weight is 369 g/mol. The lowest BCUT2D eigenvalue weighted by Crippen LogP contribution is -2.33. The van der Waals surface area contributed by atoms with Crippen molar-refractivity contribution in [3.63, 3.8) is 0 Å². The Hall–Kier alpha value is -2.00. The van der Waals surface area contributed by atoms with Crippen molar-refractivity contribution in [1.82, 2.24) is 19.5 Å². The molecular weight excluding hydrogens is 349 g/mol. The standard InChI is InChI=1S/C14H20N5O5P/c1-6-8(9(20)10(21)11(6)24-5-25(2,3)23)19-4-16-7-12(19)17-14(15)18-13(7)22/h4,8-11,20-21H,1,5H2,2-3H3,(H3,15,17,18,22)/t8-,9+,10+,11+/m1/s1. The largest absolute Gasteiger partial charge is 0.388 e. The van der Waals surface area contributed by atoms with Crippen molar-refractivity contribution in [3.8, 4) is 0 Å². The second kappa shape index (κ2) is 6.06. The van der Waals surface area contributed by atoms with Gasteiger partial charge in [0.1, 0.15) is 31.8 Å². The third-order valence-corrected chi connectivity index (χ3v) is 4.82. The lowest BCUT2D eigenvalue weighted by atomic mass is 10.1. The molecule has 1 aliphatic carbocycles. The summed E-state index contributed by atoms with van der Waals surface area (Å²) in [6.45, 7) is 7.02. The van der Waals surface area contributed by atoms with Crippen LogP contribution in [0.3, 0.4) is 0 Å². The number of fused-ring (bicyclic) bond motifs is 1. The van der Waals surface area contributed by atoms with Crippen molar-refractivity contribution in [2.45, 2.75) is 24.4 Å². The van der Waals surface area contributed by atoms with E-state index >= 15 is 0 Å². The Kier molecular flexibility index (Phi) is 4.32. The Morgan fingerprint density at radius 2 is 2.12 bits per heavy atom. The van der Waals surface area contributed by atoms with Gasteiger partial charge in [-0.25, -0.2) is 4.98 Å². The molecule has 0 bridgehead atoms. The van der Waals surface area contributed by atoms with E-state index < -0.39 is 37.1 Å². The highest BCUT2D eigenvalue weighted by molar-refractivity contribution is 7.62. The molecule has 0 radical (unpaired) electrons. The predicted molar refractivity (Wildman–Crippen MR) is 91.9 cm³/mol. The third kappa shape index (κ3) is 3.13. The fraction of sp³-hybridized carbons (Fsp3) is 0.500. The van der Waals surface area contributed by atoms with E-state index in [1.54, 1.807) is 13.3 Å². The van der Waals surface area contributed by atoms with Crippen LogP contribution in [0.15, 0.2) is 23.3 Å². The number of aliphatic hydroxyl groups excluding tert-OH is 2. The first-order valence-electron chi connectivity index (χ1n) is 7.53. The maximum Gasteiger partial charge on any atom is 0.280 e. The minimum absolute atomic E-state index is 0.0528. The maximum atomic E-state index is 11.9. The first-order chi connectivity index (χ1) is 11.6. The Labute approximate surface area is 142 Å². The molecule has 11 heteroatoms. The number of nitrogen functional groups attached to an aromatic ring is 1. The second-order valence-corrected chi connectivity index (χ2v) is 9.97. The normalized spacial score (nSPS) is 27.3. The molecule has 1 aliphatic rings. The lowest BCUT2D eigenvalue weighted by molar-refractivity contribution is -0.0408. The summed E-state index contributed by atoms with van der Waals surface area (Å²) in [4.78, 5) is 22.3. The molecular formula is C14H20N5O5P. The monoisotopic (exact) mass is 369 g/mol. The number of aromatic nitrogens is 4. The fourth-order valence-corrected chi connectivity index (χ4v) is 3.45. The molecule has 4 atom stereocenters. The molecule has 2 aromatic rings. The molecule has 0 spiro atoms. The lowest BCUT2D eigenvalue weighted by Gasteiger charge is -2.19. The molecule has 5 N–H and O–H groups in total. The first kappa shape index (κ1) is 17.8. The summed E-state index contributed by atoms with van der Waals surface area (Å²) in [6, 6.07) is -0.813. The van der Waals surface area contributed by atoms with Crippen LogP contribution < -0.4 is 11.3 Å². The zero-order chi connectivity index (χ0) is 18.5. The van der Waals surface area contributed by atoms with Gasteiger partial charge in [0, 0.05) is 0 Å². The van der Waals surface area contributed by atoms with Gasteiger partial charge >= 0.3 is 0 Å². The highest BCUT2D eigenvalue weighted by Crippen LogP contribution is 2.42. The van der Waals surface area contributed by atoms with Gasteiger partial charge in [-0.15, -0.1) is 0 Å². The number of nitrogens with one attached hydrogen (secondary N) is 1. The predicted octanol–water partition coefficient (Wildman–Crippen LogP) is -0.500. The Morgan fingerprint density at radius 1 is 1.44 bits per heavy atom. The molecule has 0 aromatic carbocycles. The van der Waals surface area contributed by atoms with Crippen LogP contribution >= 0.6 is 7.14 Å². The number of hydrogen-bond donors (Lipinski definition) is 4. The number of nitrogens with zero attached hydrogens (tertiary/aromatic N) is 3. The average Bonchev–Trinajstić information content (AvgIpc) is 2.98. The zero-order valence-electron chi connectivity index (χ0n) is 13.8. The van der Waals surface area contributed by atoms with E-state index in [4.69, 9.17) is 10.5 Å². The molecule has 1 fully saturated rings. The number of H-pyrrole nitrogens is 1. The molecule has 2 heterocycles. The van der Waals surface area contributed by atoms with Gasteiger partial charge in [0.15, 0.2) is 11.2 Å². The highest BCUT2D eigenvalue weighted by atomic mass is 31.2. The van der Waals surface area contributed by atoms with Crippen molar-refractivity contribution in [2.24, 2.45) is 0 Å². The van der Waals surface area contributed by atoms with Crippen LogP contribution in [-0.2, 0) is 9.30 Å². The van der Waals surface area contributed by atoms with Gasteiger partial charge in [-0.2, -0.15) is 4.98 Å². The van der Waals surface area contributed by atoms with E-state index in [1.807, 2.05) is 0 Å². The second-order valence-electron chi connectivity index (χ2n) is 6.57. The van der Waals surface area contributed by atoms with Gasteiger partial charge in [0.05, 0.1) is 12.4 Å². The quantitative estimate of drug-likeness (QED) is 0.415. The molecule has 0 aliphatic heterocycles. The van der Waals surface area contributed by atoms with Crippen LogP contribution in [0.2, 0.25) is 0 Å². The summed E-state index contributed by atoms with van der Waals surface area (Å²) < 4.78 is 18.8. The number of anilines is 1. The maximum absolute atomic E-state index is 11.9. The fourth-order valence-electron chi connectivity index (χ4n) is 2.93. The SMILES string of the molecule is C=C1[C@@H](n2cnc3c(=O)[nH]c(N)nc32)[C@H](O)[C@H](O)[C@H]1OCP(C)(C)=O. The van der Waals surface area contributed by atoms with Crippen molar-refractivity contribution in [1.29, 1.82) is 0 Å². The minimum Gasteiger partial charge on any atom is -0.388 e. The molecule has 136 valence electrons. The number of imidazole rings is 1. The summed E-state index contributed by atoms with van der Waals surface area (Å²) in [5.74, 6) is -0.0939. The van der Waals surface area contributed by atoms with Crippen LogP contribution in [0.1, 0.15) is 6.04 Å². The minimum atomic E-state index is -2.47. The smallest absolute Gasteiger partial charge is 0.280 e. The summed E-state index contributed by atoms with van der Waals surface area (Å²) in [5.41, 5.74) is 5.65. The summed E-state index contributed by atoms with van der Waals surface area (Å²) in [5, 5.41) is 20.7. The van der Waals surface area contributed by atoms with Gasteiger partial charge in [-0.1, -0.05) is 6.58 Å². The summed E-state index contributed by atoms with van der Waals surface area (Å²) in [7, 11) is -2.47. The molecule has 10 nitrogen and oxygen atoms in total. The van der Waals surface area contributed by atoms with Gasteiger partial charge in [0.25, 0.3) is 5.56 Å². The van der Waals surface area contributed by atoms with E-state index in [2.05, 4.69) is 21.5 Å². The number of hydrogen-bond acceptors (Lipinski definition) is 8. The molecule has 3 rings (SSSR count). The molecule has 0 saturated heterocycles. The molecule has 0 amide bonds. The highest BCUT2D eigenvalue weighted by Gasteiger charge is 2.47. The van der Waals surface area contributed by atoms with Crippen LogP contribution in [0.5, 0.6) is 0 Å². The molecule has 0 unspecified atom stereocenters. The Bertz CT molecular complexity index is 931. The number of nitrogens with two attached hydrogens (primary N) is 1. The van der Waals surface area contributed by atoms with Crippen molar-refractivity contribution in [2.75, 3.05) is 25.4 Å². The van der Waals surface area contributed by atoms with Gasteiger partial charge < -0.3 is 29.8 Å². The topological polar surface area (TPSA) is 156 Å². The summed E-state index contributed by atoms with van der Waals surface area (Å²) in [6.07, 6.45) is -2.15. The van der Waals surface area contributed by atoms with E-state index in [1.165, 1.54) is 10.9 Å². The van der Waals surface area contributed by atoms with Gasteiger partial charge in [-0.3, -0.25) is 9.78 Å². The van der Waals surface area contributed by atoms with Crippen molar-refractivity contribution < 1.29 is 19.5 Å². The Balaban J connectivity index is 1.99. The van der Waals surface area contributed by atoms with Gasteiger partial charge in [0.2, 0.25) is 5.95 Å². The van der Waals surface area contributed by atoms with Crippen LogP contribution in [0.25, 0.3) is 11.2 Å². The molecule has 2 aromatic heterocycles. The van der Waals surface area contributed by atoms with Crippen LogP contribution in [0, 0.1) is 0 Å². The van der Waals surface area contributed by atoms with E-state index in [0.29, 0.717) is 5.57 Å². The van der Waals surface area contributed by atoms with E-state index in [-0.39, 0.29) is 23.5 Å². The van der Waals surface area contributed by atoms with Gasteiger partial charge in [-0.05, 0) is 18.9 Å². The van der Waals surface area contributed by atoms with E-state index in [0.717, 1.165) is 0 Å². The third-order valence-electron chi connectivity index (χ3n) is 4.04. The molecule has 25 heavy (non-hydrogen) atoms. The molecule has 1 saturated carbocycles. The van der Waals surface area contributed by atoms with Crippen molar-refractivity contribution in [3.05, 3.63) is 28.8 Å². The summed E-state index contributed by atoms with van der Waals surface area (Å²) >= 11 is 0. The zero-order valence-corrected chi connectivity index (χ0v) is 14.7. The number of rotatable bonds is 4.